The van der Waals surface area contributed by atoms with Gasteiger partial charge in [0.05, 0.1) is 11.2 Å². The lowest BCUT2D eigenvalue weighted by Crippen LogP contribution is -2.57. The Bertz CT molecular complexity index is 500. The normalized spacial score (nSPS) is 25.6. The molecule has 1 atom stereocenters. The zero-order valence-electron chi connectivity index (χ0n) is 12.4. The zero-order valence-corrected chi connectivity index (χ0v) is 13.2. The van der Waals surface area contributed by atoms with E-state index >= 15 is 0 Å². The van der Waals surface area contributed by atoms with Gasteiger partial charge in [0.25, 0.3) is 5.91 Å². The van der Waals surface area contributed by atoms with Gasteiger partial charge in [-0.1, -0.05) is 25.6 Å². The van der Waals surface area contributed by atoms with Crippen molar-refractivity contribution >= 4 is 17.7 Å². The number of nitrogens with zero attached hydrogens (tertiary/aromatic N) is 3. The molecule has 1 N–H and O–H groups in total. The van der Waals surface area contributed by atoms with Crippen LogP contribution in [0.5, 0.6) is 0 Å². The highest BCUT2D eigenvalue weighted by Gasteiger charge is 2.45. The summed E-state index contributed by atoms with van der Waals surface area (Å²) in [6.45, 7) is 6.90. The van der Waals surface area contributed by atoms with Gasteiger partial charge in [0.2, 0.25) is 0 Å². The van der Waals surface area contributed by atoms with Crippen LogP contribution in [0.15, 0.2) is 17.6 Å². The van der Waals surface area contributed by atoms with Gasteiger partial charge in [-0.15, -0.1) is 0 Å². The lowest BCUT2D eigenvalue weighted by atomic mass is 9.71. The molecule has 20 heavy (non-hydrogen) atoms. The minimum absolute atomic E-state index is 0.0683. The van der Waals surface area contributed by atoms with E-state index in [4.69, 9.17) is 0 Å². The highest BCUT2D eigenvalue weighted by Crippen LogP contribution is 2.38. The number of rotatable bonds is 2. The molecule has 1 aliphatic rings. The van der Waals surface area contributed by atoms with E-state index in [1.807, 2.05) is 27.0 Å². The topological polar surface area (TPSA) is 66.3 Å². The number of piperidine rings is 1. The maximum atomic E-state index is 12.5. The molecule has 1 aromatic rings. The lowest BCUT2D eigenvalue weighted by molar-refractivity contribution is -0.0971. The molecule has 1 saturated heterocycles. The van der Waals surface area contributed by atoms with Gasteiger partial charge < -0.3 is 10.0 Å². The van der Waals surface area contributed by atoms with Crippen molar-refractivity contribution in [3.8, 4) is 0 Å². The summed E-state index contributed by atoms with van der Waals surface area (Å²) in [6.07, 6.45) is 5.61. The maximum absolute atomic E-state index is 12.5. The quantitative estimate of drug-likeness (QED) is 0.666. The lowest BCUT2D eigenvalue weighted by Gasteiger charge is -2.48. The van der Waals surface area contributed by atoms with Crippen molar-refractivity contribution in [3.63, 3.8) is 0 Å². The SMILES string of the molecule is CSc1ncc(C(=O)N2CC[C@@](C)(O)C(C)(C)C2)cn1. The van der Waals surface area contributed by atoms with Crippen molar-refractivity contribution in [3.05, 3.63) is 18.0 Å². The number of carbonyl (C=O) groups is 1. The number of hydrogen-bond donors (Lipinski definition) is 1. The van der Waals surface area contributed by atoms with E-state index in [0.717, 1.165) is 0 Å². The average Bonchev–Trinajstić information content (AvgIpc) is 2.41. The predicted octanol–water partition coefficient (Wildman–Crippen LogP) is 1.82. The zero-order chi connectivity index (χ0) is 15.0. The van der Waals surface area contributed by atoms with Crippen LogP contribution in [0.3, 0.4) is 0 Å². The molecule has 110 valence electrons. The number of aromatic nitrogens is 2. The molecule has 0 aliphatic carbocycles. The summed E-state index contributed by atoms with van der Waals surface area (Å²) in [7, 11) is 0. The van der Waals surface area contributed by atoms with E-state index in [-0.39, 0.29) is 11.3 Å². The summed E-state index contributed by atoms with van der Waals surface area (Å²) >= 11 is 1.44. The first-order valence-corrected chi connectivity index (χ1v) is 7.87. The largest absolute Gasteiger partial charge is 0.389 e. The van der Waals surface area contributed by atoms with Crippen LogP contribution in [0, 0.1) is 5.41 Å². The molecule has 2 heterocycles. The summed E-state index contributed by atoms with van der Waals surface area (Å²) < 4.78 is 0. The Labute approximate surface area is 123 Å². The third-order valence-corrected chi connectivity index (χ3v) is 4.83. The molecule has 1 aromatic heterocycles. The first-order chi connectivity index (χ1) is 9.27. The van der Waals surface area contributed by atoms with Crippen LogP contribution in [0.2, 0.25) is 0 Å². The Balaban J connectivity index is 2.14. The van der Waals surface area contributed by atoms with Crippen molar-refractivity contribution in [1.29, 1.82) is 0 Å². The molecule has 0 unspecified atom stereocenters. The van der Waals surface area contributed by atoms with Crippen molar-refractivity contribution in [1.82, 2.24) is 14.9 Å². The van der Waals surface area contributed by atoms with Crippen LogP contribution in [0.1, 0.15) is 37.6 Å². The van der Waals surface area contributed by atoms with E-state index in [2.05, 4.69) is 9.97 Å². The molecule has 6 heteroatoms. The Hall–Kier alpha value is -1.14. The Morgan fingerprint density at radius 2 is 1.95 bits per heavy atom. The molecule has 0 saturated carbocycles. The molecule has 0 radical (unpaired) electrons. The molecular formula is C14H21N3O2S. The van der Waals surface area contributed by atoms with E-state index in [1.165, 1.54) is 11.8 Å². The van der Waals surface area contributed by atoms with Gasteiger partial charge >= 0.3 is 0 Å². The van der Waals surface area contributed by atoms with Gasteiger partial charge in [0.1, 0.15) is 0 Å². The van der Waals surface area contributed by atoms with Gasteiger partial charge in [-0.2, -0.15) is 0 Å². The number of carbonyl (C=O) groups excluding carboxylic acids is 1. The highest BCUT2D eigenvalue weighted by atomic mass is 32.2. The summed E-state index contributed by atoms with van der Waals surface area (Å²) in [5.74, 6) is -0.0683. The number of amides is 1. The second-order valence-corrected chi connectivity index (χ2v) is 6.87. The fraction of sp³-hybridized carbons (Fsp3) is 0.643. The average molecular weight is 295 g/mol. The molecule has 0 bridgehead atoms. The Morgan fingerprint density at radius 1 is 1.35 bits per heavy atom. The first kappa shape index (κ1) is 15.3. The molecule has 1 fully saturated rings. The number of thioether (sulfide) groups is 1. The number of hydrogen-bond acceptors (Lipinski definition) is 5. The smallest absolute Gasteiger partial charge is 0.257 e. The predicted molar refractivity (Wildman–Crippen MR) is 78.7 cm³/mol. The fourth-order valence-corrected chi connectivity index (χ4v) is 2.62. The molecule has 2 rings (SSSR count). The summed E-state index contributed by atoms with van der Waals surface area (Å²) in [4.78, 5) is 22.5. The van der Waals surface area contributed by atoms with Gasteiger partial charge in [-0.05, 0) is 19.6 Å². The monoisotopic (exact) mass is 295 g/mol. The molecule has 1 amide bonds. The summed E-state index contributed by atoms with van der Waals surface area (Å²) in [6, 6.07) is 0. The van der Waals surface area contributed by atoms with E-state index in [0.29, 0.717) is 30.2 Å². The van der Waals surface area contributed by atoms with Crippen LogP contribution in [-0.4, -0.2) is 50.8 Å². The highest BCUT2D eigenvalue weighted by molar-refractivity contribution is 7.98. The van der Waals surface area contributed by atoms with Gasteiger partial charge in [0.15, 0.2) is 5.16 Å². The van der Waals surface area contributed by atoms with Crippen LogP contribution < -0.4 is 0 Å². The molecule has 5 nitrogen and oxygen atoms in total. The van der Waals surface area contributed by atoms with Crippen LogP contribution >= 0.6 is 11.8 Å². The van der Waals surface area contributed by atoms with E-state index in [9.17, 15) is 9.90 Å². The van der Waals surface area contributed by atoms with Crippen molar-refractivity contribution in [2.24, 2.45) is 5.41 Å². The molecule has 0 aromatic carbocycles. The third kappa shape index (κ3) is 2.81. The Morgan fingerprint density at radius 3 is 2.45 bits per heavy atom. The van der Waals surface area contributed by atoms with Gasteiger partial charge in [-0.3, -0.25) is 4.79 Å². The van der Waals surface area contributed by atoms with Gasteiger partial charge in [0, 0.05) is 30.9 Å². The number of aliphatic hydroxyl groups is 1. The van der Waals surface area contributed by atoms with Crippen molar-refractivity contribution < 1.29 is 9.90 Å². The second kappa shape index (κ2) is 5.33. The van der Waals surface area contributed by atoms with Crippen molar-refractivity contribution in [2.75, 3.05) is 19.3 Å². The summed E-state index contributed by atoms with van der Waals surface area (Å²) in [5, 5.41) is 11.0. The third-order valence-electron chi connectivity index (χ3n) is 4.26. The molecule has 0 spiro atoms. The minimum atomic E-state index is -0.747. The van der Waals surface area contributed by atoms with Crippen LogP contribution in [-0.2, 0) is 0 Å². The number of likely N-dealkylation sites (tertiary alicyclic amines) is 1. The standard InChI is InChI=1S/C14H21N3O2S/c1-13(2)9-17(6-5-14(13,3)19)11(18)10-7-15-12(20-4)16-8-10/h7-8,19H,5-6,9H2,1-4H3/t14-/m1/s1. The minimum Gasteiger partial charge on any atom is -0.389 e. The van der Waals surface area contributed by atoms with Crippen LogP contribution in [0.4, 0.5) is 0 Å². The van der Waals surface area contributed by atoms with Gasteiger partial charge in [-0.25, -0.2) is 9.97 Å². The van der Waals surface area contributed by atoms with E-state index in [1.54, 1.807) is 17.3 Å². The summed E-state index contributed by atoms with van der Waals surface area (Å²) in [5.41, 5.74) is -0.579. The fourth-order valence-electron chi connectivity index (χ4n) is 2.31. The second-order valence-electron chi connectivity index (χ2n) is 6.09. The molecule has 1 aliphatic heterocycles. The van der Waals surface area contributed by atoms with Crippen LogP contribution in [0.25, 0.3) is 0 Å². The van der Waals surface area contributed by atoms with Crippen molar-refractivity contribution in [2.45, 2.75) is 37.9 Å². The maximum Gasteiger partial charge on any atom is 0.257 e. The molecular weight excluding hydrogens is 274 g/mol. The van der Waals surface area contributed by atoms with E-state index < -0.39 is 5.60 Å². The first-order valence-electron chi connectivity index (χ1n) is 6.64. The Kier molecular flexibility index (Phi) is 4.07.